The number of carbonyl (C=O) groups is 5. The first-order valence-corrected chi connectivity index (χ1v) is 17.5. The lowest BCUT2D eigenvalue weighted by Gasteiger charge is -2.55. The summed E-state index contributed by atoms with van der Waals surface area (Å²) in [4.78, 5) is 67.6. The fraction of sp³-hybridized carbons (Fsp3) is 0.844. The Kier molecular flexibility index (Phi) is 7.87. The van der Waals surface area contributed by atoms with E-state index in [4.69, 9.17) is 33.7 Å². The van der Waals surface area contributed by atoms with Gasteiger partial charge in [0.25, 0.3) is 5.91 Å². The molecule has 4 bridgehead atoms. The maximum absolute atomic E-state index is 14.4. The van der Waals surface area contributed by atoms with Crippen LogP contribution in [0.4, 0.5) is 4.79 Å². The highest BCUT2D eigenvalue weighted by atomic mass is 35.5. The summed E-state index contributed by atoms with van der Waals surface area (Å²) < 4.78 is 5.07. The molecular formula is C32H44Cl2N4O6. The number of carbonyl (C=O) groups excluding carboxylic acids is 5. The fourth-order valence-electron chi connectivity index (χ4n) is 10.0. The van der Waals surface area contributed by atoms with Crippen molar-refractivity contribution in [2.24, 2.45) is 47.2 Å². The Balaban J connectivity index is 1.09. The molecule has 0 aromatic heterocycles. The molecule has 7 saturated carbocycles. The Morgan fingerprint density at radius 3 is 2.07 bits per heavy atom. The number of nitrogens with zero attached hydrogens (tertiary/aromatic N) is 1. The molecule has 4 N–H and O–H groups in total. The van der Waals surface area contributed by atoms with Crippen molar-refractivity contribution in [1.82, 2.24) is 15.5 Å². The number of rotatable bonds is 10. The van der Waals surface area contributed by atoms with Crippen molar-refractivity contribution >= 4 is 52.8 Å². The van der Waals surface area contributed by atoms with Crippen LogP contribution in [0.3, 0.4) is 0 Å². The molecule has 0 spiro atoms. The first-order chi connectivity index (χ1) is 20.9. The highest BCUT2D eigenvalue weighted by Crippen LogP contribution is 2.65. The van der Waals surface area contributed by atoms with Crippen LogP contribution >= 0.6 is 23.2 Å². The molecule has 0 aromatic rings. The van der Waals surface area contributed by atoms with Crippen LogP contribution in [0.1, 0.15) is 89.9 Å². The van der Waals surface area contributed by atoms with E-state index in [9.17, 15) is 24.0 Å². The SMILES string of the molecule is NC(=O)C(=O)C(CC1CC1)NC(=O)C1C2C(CN1C(=O)C(NC(=O)OC13CC4CC(CC(C4)C1)C3)C1CCCCC1)C2(Cl)Cl. The number of primary amides is 1. The van der Waals surface area contributed by atoms with E-state index in [1.807, 2.05) is 0 Å². The number of ether oxygens (including phenoxy) is 1. The van der Waals surface area contributed by atoms with E-state index in [0.717, 1.165) is 64.2 Å². The number of nitrogens with two attached hydrogens (primary N) is 1. The zero-order chi connectivity index (χ0) is 31.0. The van der Waals surface area contributed by atoms with Crippen LogP contribution in [-0.2, 0) is 23.9 Å². The summed E-state index contributed by atoms with van der Waals surface area (Å²) >= 11 is 13.1. The maximum Gasteiger partial charge on any atom is 0.408 e. The van der Waals surface area contributed by atoms with Crippen LogP contribution < -0.4 is 16.4 Å². The van der Waals surface area contributed by atoms with Gasteiger partial charge in [0.2, 0.25) is 17.6 Å². The van der Waals surface area contributed by atoms with Gasteiger partial charge in [0.05, 0.1) is 6.04 Å². The average molecular weight is 652 g/mol. The van der Waals surface area contributed by atoms with Crippen LogP contribution in [0.25, 0.3) is 0 Å². The Morgan fingerprint density at radius 1 is 0.886 bits per heavy atom. The highest BCUT2D eigenvalue weighted by Gasteiger charge is 2.74. The van der Waals surface area contributed by atoms with E-state index in [1.54, 1.807) is 0 Å². The number of ketones is 1. The van der Waals surface area contributed by atoms with E-state index in [1.165, 1.54) is 24.2 Å². The predicted molar refractivity (Wildman–Crippen MR) is 161 cm³/mol. The number of alkyl halides is 2. The van der Waals surface area contributed by atoms with Crippen LogP contribution in [-0.4, -0.2) is 69.1 Å². The van der Waals surface area contributed by atoms with E-state index >= 15 is 0 Å². The molecule has 7 aliphatic carbocycles. The van der Waals surface area contributed by atoms with E-state index < -0.39 is 57.7 Å². The van der Waals surface area contributed by atoms with Gasteiger partial charge < -0.3 is 26.0 Å². The summed E-state index contributed by atoms with van der Waals surface area (Å²) in [5, 5.41) is 5.71. The summed E-state index contributed by atoms with van der Waals surface area (Å²) in [5.74, 6) is -1.76. The Bertz CT molecular complexity index is 1200. The molecular weight excluding hydrogens is 607 g/mol. The van der Waals surface area contributed by atoms with Gasteiger partial charge in [0.15, 0.2) is 0 Å². The quantitative estimate of drug-likeness (QED) is 0.243. The molecule has 1 aliphatic heterocycles. The molecule has 44 heavy (non-hydrogen) atoms. The molecule has 1 heterocycles. The molecule has 12 heteroatoms. The monoisotopic (exact) mass is 650 g/mol. The zero-order valence-corrected chi connectivity index (χ0v) is 26.6. The summed E-state index contributed by atoms with van der Waals surface area (Å²) in [6.07, 6.45) is 12.5. The molecule has 8 aliphatic rings. The van der Waals surface area contributed by atoms with Crippen molar-refractivity contribution in [3.05, 3.63) is 0 Å². The second-order valence-electron chi connectivity index (χ2n) is 15.2. The van der Waals surface area contributed by atoms with Gasteiger partial charge >= 0.3 is 6.09 Å². The van der Waals surface area contributed by atoms with Crippen molar-refractivity contribution in [2.45, 2.75) is 118 Å². The second-order valence-corrected chi connectivity index (χ2v) is 16.7. The standard InChI is InChI=1S/C32H44Cl2N4O6/c33-32(34)21-15-38(25(23(21)32)28(41)36-22(11-16-6-7-16)26(39)27(35)40)29(42)24(20-4-2-1-3-5-20)37-30(43)44-31-12-17-8-18(13-31)10-19(9-17)14-31/h16-25H,1-15H2,(H2,35,40)(H,36,41)(H,37,43). The number of amides is 4. The minimum absolute atomic E-state index is 0.0865. The molecule has 5 atom stereocenters. The third kappa shape index (κ3) is 5.71. The summed E-state index contributed by atoms with van der Waals surface area (Å²) in [6.45, 7) is 0.167. The van der Waals surface area contributed by atoms with Crippen LogP contribution in [0.5, 0.6) is 0 Å². The average Bonchev–Trinajstić information content (AvgIpc) is 3.81. The summed E-state index contributed by atoms with van der Waals surface area (Å²) in [6, 6.07) is -2.94. The van der Waals surface area contributed by atoms with Crippen molar-refractivity contribution in [1.29, 1.82) is 0 Å². The number of fused-ring (bicyclic) bond motifs is 1. The summed E-state index contributed by atoms with van der Waals surface area (Å²) in [5.41, 5.74) is 4.85. The third-order valence-corrected chi connectivity index (χ3v) is 13.0. The van der Waals surface area contributed by atoms with Gasteiger partial charge in [-0.2, -0.15) is 0 Å². The number of alkyl carbamates (subject to hydrolysis) is 1. The first-order valence-electron chi connectivity index (χ1n) is 16.8. The van der Waals surface area contributed by atoms with E-state index in [0.29, 0.717) is 24.2 Å². The van der Waals surface area contributed by atoms with Gasteiger partial charge in [0.1, 0.15) is 22.0 Å². The second kappa shape index (κ2) is 11.3. The number of hydrogen-bond acceptors (Lipinski definition) is 6. The molecule has 0 aromatic carbocycles. The van der Waals surface area contributed by atoms with Crippen molar-refractivity contribution < 1.29 is 28.7 Å². The molecule has 1 saturated heterocycles. The lowest BCUT2D eigenvalue weighted by Crippen LogP contribution is -2.60. The topological polar surface area (TPSA) is 148 Å². The van der Waals surface area contributed by atoms with Crippen molar-refractivity contribution in [2.75, 3.05) is 6.54 Å². The van der Waals surface area contributed by atoms with E-state index in [-0.39, 0.29) is 30.2 Å². The number of nitrogens with one attached hydrogen (secondary N) is 2. The van der Waals surface area contributed by atoms with Gasteiger partial charge in [-0.3, -0.25) is 19.2 Å². The minimum Gasteiger partial charge on any atom is -0.443 e. The summed E-state index contributed by atoms with van der Waals surface area (Å²) in [7, 11) is 0. The van der Waals surface area contributed by atoms with Gasteiger partial charge in [-0.25, -0.2) is 4.79 Å². The van der Waals surface area contributed by atoms with Crippen molar-refractivity contribution in [3.63, 3.8) is 0 Å². The third-order valence-electron chi connectivity index (χ3n) is 12.0. The lowest BCUT2D eigenvalue weighted by atomic mass is 9.54. The number of piperidine rings is 1. The Labute approximate surface area is 268 Å². The smallest absolute Gasteiger partial charge is 0.408 e. The molecule has 5 unspecified atom stereocenters. The predicted octanol–water partition coefficient (Wildman–Crippen LogP) is 3.60. The van der Waals surface area contributed by atoms with Gasteiger partial charge in [0, 0.05) is 18.4 Å². The Morgan fingerprint density at radius 2 is 1.50 bits per heavy atom. The van der Waals surface area contributed by atoms with Gasteiger partial charge in [-0.05, 0) is 87.4 Å². The zero-order valence-electron chi connectivity index (χ0n) is 25.1. The van der Waals surface area contributed by atoms with Crippen LogP contribution in [0, 0.1) is 41.4 Å². The number of halogens is 2. The molecule has 10 nitrogen and oxygen atoms in total. The Hall–Kier alpha value is -2.07. The number of Topliss-reactive ketones (excluding diaryl/α,β-unsaturated/α-hetero) is 1. The van der Waals surface area contributed by atoms with Crippen molar-refractivity contribution in [3.8, 4) is 0 Å². The van der Waals surface area contributed by atoms with Crippen LogP contribution in [0.15, 0.2) is 0 Å². The number of hydrogen-bond donors (Lipinski definition) is 3. The van der Waals surface area contributed by atoms with Crippen LogP contribution in [0.2, 0.25) is 0 Å². The van der Waals surface area contributed by atoms with Gasteiger partial charge in [-0.15, -0.1) is 23.2 Å². The first kappa shape index (κ1) is 30.6. The molecule has 0 radical (unpaired) electrons. The van der Waals surface area contributed by atoms with E-state index in [2.05, 4.69) is 10.6 Å². The molecule has 4 amide bonds. The minimum atomic E-state index is -1.18. The molecule has 8 fully saturated rings. The largest absolute Gasteiger partial charge is 0.443 e. The molecule has 8 rings (SSSR count). The van der Waals surface area contributed by atoms with Gasteiger partial charge in [-0.1, -0.05) is 32.1 Å². The lowest BCUT2D eigenvalue weighted by molar-refractivity contribution is -0.145. The maximum atomic E-state index is 14.4. The normalized spacial score (nSPS) is 37.9. The molecule has 242 valence electrons. The highest BCUT2D eigenvalue weighted by molar-refractivity contribution is 6.51. The number of likely N-dealkylation sites (tertiary alicyclic amines) is 1. The fourth-order valence-corrected chi connectivity index (χ4v) is 10.8.